The number of nitrogens with one attached hydrogen (secondary N) is 1. The summed E-state index contributed by atoms with van der Waals surface area (Å²) in [5.41, 5.74) is 1.38. The van der Waals surface area contributed by atoms with Crippen molar-refractivity contribution >= 4 is 46.5 Å². The Morgan fingerprint density at radius 1 is 1.17 bits per heavy atom. The van der Waals surface area contributed by atoms with Crippen molar-refractivity contribution in [2.75, 3.05) is 5.32 Å². The van der Waals surface area contributed by atoms with Gasteiger partial charge in [-0.05, 0) is 23.8 Å². The van der Waals surface area contributed by atoms with Gasteiger partial charge in [0.15, 0.2) is 0 Å². The van der Waals surface area contributed by atoms with E-state index in [1.165, 1.54) is 10.6 Å². The highest BCUT2D eigenvalue weighted by molar-refractivity contribution is 6.42. The van der Waals surface area contributed by atoms with Crippen LogP contribution in [0.25, 0.3) is 0 Å². The molecular formula is C16H13Cl3N4O. The molecule has 0 atom stereocenters. The lowest BCUT2D eigenvalue weighted by atomic mass is 10.2. The SMILES string of the molecule is Cn1c(C(=O)Nc2ccnn2Cc2ccc(Cl)cc2)cc(Cl)c1Cl. The smallest absolute Gasteiger partial charge is 0.273 e. The Morgan fingerprint density at radius 2 is 1.88 bits per heavy atom. The molecule has 0 aliphatic carbocycles. The molecule has 3 rings (SSSR count). The molecule has 0 radical (unpaired) electrons. The lowest BCUT2D eigenvalue weighted by molar-refractivity contribution is 0.101. The summed E-state index contributed by atoms with van der Waals surface area (Å²) in [6.07, 6.45) is 1.62. The molecule has 3 aromatic rings. The van der Waals surface area contributed by atoms with Gasteiger partial charge in [-0.1, -0.05) is 46.9 Å². The molecule has 0 saturated heterocycles. The zero-order valence-corrected chi connectivity index (χ0v) is 14.9. The molecule has 1 aromatic carbocycles. The van der Waals surface area contributed by atoms with Crippen molar-refractivity contribution in [3.8, 4) is 0 Å². The first kappa shape index (κ1) is 16.9. The summed E-state index contributed by atoms with van der Waals surface area (Å²) in [5.74, 6) is 0.257. The fourth-order valence-electron chi connectivity index (χ4n) is 2.27. The number of nitrogens with zero attached hydrogens (tertiary/aromatic N) is 3. The number of hydrogen-bond acceptors (Lipinski definition) is 2. The van der Waals surface area contributed by atoms with Crippen LogP contribution in [-0.4, -0.2) is 20.3 Å². The Morgan fingerprint density at radius 3 is 2.50 bits per heavy atom. The van der Waals surface area contributed by atoms with Crippen molar-refractivity contribution < 1.29 is 4.79 Å². The zero-order chi connectivity index (χ0) is 17.3. The van der Waals surface area contributed by atoms with Crippen molar-refractivity contribution in [1.29, 1.82) is 0 Å². The largest absolute Gasteiger partial charge is 0.329 e. The molecule has 1 N–H and O–H groups in total. The lowest BCUT2D eigenvalue weighted by Gasteiger charge is -2.10. The van der Waals surface area contributed by atoms with Crippen LogP contribution in [0, 0.1) is 0 Å². The van der Waals surface area contributed by atoms with Gasteiger partial charge in [0.2, 0.25) is 0 Å². The van der Waals surface area contributed by atoms with Crippen LogP contribution in [0.15, 0.2) is 42.6 Å². The van der Waals surface area contributed by atoms with E-state index in [1.807, 2.05) is 24.3 Å². The molecule has 24 heavy (non-hydrogen) atoms. The number of anilines is 1. The number of rotatable bonds is 4. The molecule has 0 aliphatic rings. The van der Waals surface area contributed by atoms with E-state index in [-0.39, 0.29) is 5.91 Å². The fourth-order valence-corrected chi connectivity index (χ4v) is 2.77. The van der Waals surface area contributed by atoms with Gasteiger partial charge in [0.25, 0.3) is 5.91 Å². The average molecular weight is 384 g/mol. The molecule has 2 aromatic heterocycles. The zero-order valence-electron chi connectivity index (χ0n) is 12.6. The lowest BCUT2D eigenvalue weighted by Crippen LogP contribution is -2.18. The maximum absolute atomic E-state index is 12.4. The number of benzene rings is 1. The molecule has 0 unspecified atom stereocenters. The maximum atomic E-state index is 12.4. The summed E-state index contributed by atoms with van der Waals surface area (Å²) in [6, 6.07) is 10.7. The van der Waals surface area contributed by atoms with Crippen LogP contribution in [-0.2, 0) is 13.6 Å². The predicted octanol–water partition coefficient (Wildman–Crippen LogP) is 4.48. The second-order valence-electron chi connectivity index (χ2n) is 5.18. The number of carbonyl (C=O) groups excluding carboxylic acids is 1. The van der Waals surface area contributed by atoms with Gasteiger partial charge in [0.1, 0.15) is 16.7 Å². The minimum atomic E-state index is -0.316. The molecule has 0 aliphatic heterocycles. The minimum Gasteiger partial charge on any atom is -0.329 e. The Balaban J connectivity index is 1.79. The van der Waals surface area contributed by atoms with Crippen molar-refractivity contribution in [2.24, 2.45) is 7.05 Å². The van der Waals surface area contributed by atoms with Gasteiger partial charge in [0, 0.05) is 18.1 Å². The number of hydrogen-bond donors (Lipinski definition) is 1. The normalized spacial score (nSPS) is 10.8. The van der Waals surface area contributed by atoms with E-state index in [4.69, 9.17) is 34.8 Å². The number of halogens is 3. The van der Waals surface area contributed by atoms with E-state index in [1.54, 1.807) is 24.0 Å². The predicted molar refractivity (Wildman–Crippen MR) is 96.2 cm³/mol. The molecular weight excluding hydrogens is 371 g/mol. The van der Waals surface area contributed by atoms with Gasteiger partial charge in [-0.2, -0.15) is 5.10 Å². The summed E-state index contributed by atoms with van der Waals surface area (Å²) in [4.78, 5) is 12.4. The Hall–Kier alpha value is -1.95. The van der Waals surface area contributed by atoms with E-state index in [0.29, 0.717) is 33.3 Å². The molecule has 1 amide bonds. The first-order chi connectivity index (χ1) is 11.5. The molecule has 0 bridgehead atoms. The van der Waals surface area contributed by atoms with Crippen LogP contribution < -0.4 is 5.32 Å². The molecule has 5 nitrogen and oxygen atoms in total. The first-order valence-corrected chi connectivity index (χ1v) is 8.17. The Kier molecular flexibility index (Phi) is 4.85. The van der Waals surface area contributed by atoms with Gasteiger partial charge < -0.3 is 9.88 Å². The Labute approximate surface area is 153 Å². The third-order valence-electron chi connectivity index (χ3n) is 3.55. The summed E-state index contributed by atoms with van der Waals surface area (Å²) in [7, 11) is 1.67. The van der Waals surface area contributed by atoms with Gasteiger partial charge in [-0.25, -0.2) is 4.68 Å². The quantitative estimate of drug-likeness (QED) is 0.722. The molecule has 0 spiro atoms. The van der Waals surface area contributed by atoms with E-state index >= 15 is 0 Å². The van der Waals surface area contributed by atoms with Crippen molar-refractivity contribution in [3.05, 3.63) is 69.1 Å². The third-order valence-corrected chi connectivity index (χ3v) is 4.65. The number of amides is 1. The molecule has 124 valence electrons. The van der Waals surface area contributed by atoms with E-state index in [9.17, 15) is 4.79 Å². The van der Waals surface area contributed by atoms with Gasteiger partial charge >= 0.3 is 0 Å². The van der Waals surface area contributed by atoms with Crippen LogP contribution in [0.5, 0.6) is 0 Å². The Bertz CT molecular complexity index is 883. The van der Waals surface area contributed by atoms with E-state index < -0.39 is 0 Å². The summed E-state index contributed by atoms with van der Waals surface area (Å²) >= 11 is 17.8. The third kappa shape index (κ3) is 3.43. The van der Waals surface area contributed by atoms with Crippen molar-refractivity contribution in [3.63, 3.8) is 0 Å². The number of carbonyl (C=O) groups is 1. The summed E-state index contributed by atoms with van der Waals surface area (Å²) in [6.45, 7) is 0.508. The van der Waals surface area contributed by atoms with Crippen LogP contribution in [0.1, 0.15) is 16.1 Å². The molecule has 8 heteroatoms. The van der Waals surface area contributed by atoms with Gasteiger partial charge in [-0.3, -0.25) is 4.79 Å². The highest BCUT2D eigenvalue weighted by Gasteiger charge is 2.17. The van der Waals surface area contributed by atoms with Crippen molar-refractivity contribution in [1.82, 2.24) is 14.3 Å². The average Bonchev–Trinajstić information content (AvgIpc) is 3.09. The van der Waals surface area contributed by atoms with Crippen molar-refractivity contribution in [2.45, 2.75) is 6.54 Å². The molecule has 0 fully saturated rings. The molecule has 2 heterocycles. The summed E-state index contributed by atoms with van der Waals surface area (Å²) in [5, 5.41) is 8.37. The van der Waals surface area contributed by atoms with E-state index in [0.717, 1.165) is 5.56 Å². The second-order valence-corrected chi connectivity index (χ2v) is 6.38. The second kappa shape index (κ2) is 6.89. The van der Waals surface area contributed by atoms with Crippen LogP contribution in [0.2, 0.25) is 15.2 Å². The fraction of sp³-hybridized carbons (Fsp3) is 0.125. The van der Waals surface area contributed by atoms with Crippen LogP contribution in [0.3, 0.4) is 0 Å². The van der Waals surface area contributed by atoms with Gasteiger partial charge in [-0.15, -0.1) is 0 Å². The standard InChI is InChI=1S/C16H13Cl3N4O/c1-22-13(8-12(18)15(22)19)16(24)21-14-6-7-20-23(14)9-10-2-4-11(17)5-3-10/h2-8H,9H2,1H3,(H,21,24). The highest BCUT2D eigenvalue weighted by Crippen LogP contribution is 2.25. The minimum absolute atomic E-state index is 0.316. The topological polar surface area (TPSA) is 51.9 Å². The summed E-state index contributed by atoms with van der Waals surface area (Å²) < 4.78 is 3.21. The van der Waals surface area contributed by atoms with Crippen LogP contribution >= 0.6 is 34.8 Å². The maximum Gasteiger partial charge on any atom is 0.273 e. The van der Waals surface area contributed by atoms with Gasteiger partial charge in [0.05, 0.1) is 17.8 Å². The van der Waals surface area contributed by atoms with E-state index in [2.05, 4.69) is 10.4 Å². The highest BCUT2D eigenvalue weighted by atomic mass is 35.5. The monoisotopic (exact) mass is 382 g/mol. The molecule has 0 saturated carbocycles. The number of aromatic nitrogens is 3. The first-order valence-electron chi connectivity index (χ1n) is 7.04. The van der Waals surface area contributed by atoms with Crippen LogP contribution in [0.4, 0.5) is 5.82 Å².